The molecule has 0 bridgehead atoms. The molecule has 0 aromatic carbocycles. The van der Waals surface area contributed by atoms with Gasteiger partial charge in [-0.2, -0.15) is 0 Å². The van der Waals surface area contributed by atoms with Gasteiger partial charge in [0.25, 0.3) is 5.91 Å². The second-order valence-electron chi connectivity index (χ2n) is 4.13. The Balaban J connectivity index is 1.82. The smallest absolute Gasteiger partial charge is 0.354 e. The van der Waals surface area contributed by atoms with Gasteiger partial charge in [-0.25, -0.2) is 14.8 Å². The molecule has 0 saturated carbocycles. The molecular formula is C13H14N4O3. The summed E-state index contributed by atoms with van der Waals surface area (Å²) in [6.07, 6.45) is 6.22. The van der Waals surface area contributed by atoms with Crippen molar-refractivity contribution in [2.45, 2.75) is 12.8 Å². The number of hydrogen-bond donors (Lipinski definition) is 3. The van der Waals surface area contributed by atoms with Crippen LogP contribution in [-0.2, 0) is 6.42 Å². The number of rotatable bonds is 6. The number of aromatic carboxylic acids is 1. The standard InChI is InChI=1S/C13H14N4O3/c18-12(9-3-5-14-10(8-9)13(19)20)17-4-1-2-11-15-6-7-16-11/h3,5-8H,1-2,4H2,(H,15,16)(H,17,18)(H,19,20). The third-order valence-corrected chi connectivity index (χ3v) is 2.67. The van der Waals surface area contributed by atoms with Crippen LogP contribution >= 0.6 is 0 Å². The molecule has 2 rings (SSSR count). The Morgan fingerprint density at radius 2 is 2.15 bits per heavy atom. The molecule has 7 nitrogen and oxygen atoms in total. The molecule has 7 heteroatoms. The van der Waals surface area contributed by atoms with Gasteiger partial charge in [0.05, 0.1) is 0 Å². The molecule has 0 aliphatic carbocycles. The molecule has 2 heterocycles. The van der Waals surface area contributed by atoms with Gasteiger partial charge in [0.1, 0.15) is 11.5 Å². The topological polar surface area (TPSA) is 108 Å². The van der Waals surface area contributed by atoms with Crippen LogP contribution in [0.15, 0.2) is 30.7 Å². The molecule has 2 aromatic rings. The Labute approximate surface area is 115 Å². The third kappa shape index (κ3) is 3.64. The lowest BCUT2D eigenvalue weighted by molar-refractivity contribution is 0.0690. The number of H-pyrrole nitrogens is 1. The van der Waals surface area contributed by atoms with E-state index in [1.807, 2.05) is 0 Å². The van der Waals surface area contributed by atoms with Gasteiger partial charge in [-0.1, -0.05) is 0 Å². The number of hydrogen-bond acceptors (Lipinski definition) is 4. The average molecular weight is 274 g/mol. The summed E-state index contributed by atoms with van der Waals surface area (Å²) in [5.41, 5.74) is 0.142. The molecular weight excluding hydrogens is 260 g/mol. The fourth-order valence-corrected chi connectivity index (χ4v) is 1.68. The van der Waals surface area contributed by atoms with Crippen LogP contribution < -0.4 is 5.32 Å². The van der Waals surface area contributed by atoms with E-state index in [1.54, 1.807) is 12.4 Å². The number of nitrogens with one attached hydrogen (secondary N) is 2. The maximum absolute atomic E-state index is 11.8. The number of nitrogens with zero attached hydrogens (tertiary/aromatic N) is 2. The predicted molar refractivity (Wildman–Crippen MR) is 70.4 cm³/mol. The van der Waals surface area contributed by atoms with Crippen LogP contribution in [0.5, 0.6) is 0 Å². The Bertz CT molecular complexity index is 595. The second-order valence-corrected chi connectivity index (χ2v) is 4.13. The molecule has 0 saturated heterocycles. The van der Waals surface area contributed by atoms with Crippen molar-refractivity contribution in [1.82, 2.24) is 20.3 Å². The fraction of sp³-hybridized carbons (Fsp3) is 0.231. The lowest BCUT2D eigenvalue weighted by atomic mass is 10.2. The first-order chi connectivity index (χ1) is 9.66. The van der Waals surface area contributed by atoms with Crippen molar-refractivity contribution in [2.24, 2.45) is 0 Å². The van der Waals surface area contributed by atoms with E-state index in [4.69, 9.17) is 5.11 Å². The molecule has 0 aliphatic heterocycles. The maximum Gasteiger partial charge on any atom is 0.354 e. The van der Waals surface area contributed by atoms with Crippen LogP contribution in [-0.4, -0.2) is 38.5 Å². The monoisotopic (exact) mass is 274 g/mol. The van der Waals surface area contributed by atoms with E-state index in [2.05, 4.69) is 20.3 Å². The molecule has 0 spiro atoms. The van der Waals surface area contributed by atoms with Crippen molar-refractivity contribution in [3.63, 3.8) is 0 Å². The van der Waals surface area contributed by atoms with Gasteiger partial charge in [-0.3, -0.25) is 4.79 Å². The number of imidazole rings is 1. The zero-order valence-corrected chi connectivity index (χ0v) is 10.7. The van der Waals surface area contributed by atoms with Crippen molar-refractivity contribution in [3.8, 4) is 0 Å². The first-order valence-corrected chi connectivity index (χ1v) is 6.12. The molecule has 2 aromatic heterocycles. The molecule has 3 N–H and O–H groups in total. The lowest BCUT2D eigenvalue weighted by Crippen LogP contribution is -2.25. The summed E-state index contributed by atoms with van der Waals surface area (Å²) < 4.78 is 0. The number of aryl methyl sites for hydroxylation is 1. The molecule has 1 amide bonds. The number of pyridine rings is 1. The van der Waals surface area contributed by atoms with E-state index in [9.17, 15) is 9.59 Å². The Hall–Kier alpha value is -2.70. The van der Waals surface area contributed by atoms with E-state index >= 15 is 0 Å². The van der Waals surface area contributed by atoms with Gasteiger partial charge in [0, 0.05) is 37.1 Å². The van der Waals surface area contributed by atoms with Gasteiger partial charge in [0.2, 0.25) is 0 Å². The summed E-state index contributed by atoms with van der Waals surface area (Å²) in [5, 5.41) is 11.5. The zero-order chi connectivity index (χ0) is 14.4. The first-order valence-electron chi connectivity index (χ1n) is 6.12. The van der Waals surface area contributed by atoms with Crippen molar-refractivity contribution in [1.29, 1.82) is 0 Å². The lowest BCUT2D eigenvalue weighted by Gasteiger charge is -2.05. The molecule has 0 atom stereocenters. The number of amides is 1. The number of carbonyl (C=O) groups excluding carboxylic acids is 1. The molecule has 0 aliphatic rings. The quantitative estimate of drug-likeness (QED) is 0.677. The van der Waals surface area contributed by atoms with Gasteiger partial charge in [-0.15, -0.1) is 0 Å². The highest BCUT2D eigenvalue weighted by Crippen LogP contribution is 2.02. The largest absolute Gasteiger partial charge is 0.477 e. The number of carboxylic acid groups (broad SMARTS) is 1. The third-order valence-electron chi connectivity index (χ3n) is 2.67. The minimum atomic E-state index is -1.16. The Kier molecular flexibility index (Phi) is 4.43. The number of aromatic amines is 1. The van der Waals surface area contributed by atoms with Crippen molar-refractivity contribution >= 4 is 11.9 Å². The highest BCUT2D eigenvalue weighted by molar-refractivity contribution is 5.96. The van der Waals surface area contributed by atoms with Crippen LogP contribution in [0.1, 0.15) is 33.1 Å². The molecule has 0 unspecified atom stereocenters. The van der Waals surface area contributed by atoms with Gasteiger partial charge in [0.15, 0.2) is 0 Å². The summed E-state index contributed by atoms with van der Waals surface area (Å²) in [6, 6.07) is 2.73. The predicted octanol–water partition coefficient (Wildman–Crippen LogP) is 0.865. The Morgan fingerprint density at radius 3 is 2.85 bits per heavy atom. The number of carboxylic acids is 1. The summed E-state index contributed by atoms with van der Waals surface area (Å²) in [5.74, 6) is -0.594. The van der Waals surface area contributed by atoms with Crippen LogP contribution in [0.25, 0.3) is 0 Å². The number of aromatic nitrogens is 3. The SMILES string of the molecule is O=C(NCCCc1ncc[nH]1)c1ccnc(C(=O)O)c1. The minimum absolute atomic E-state index is 0.145. The van der Waals surface area contributed by atoms with Crippen LogP contribution in [0.2, 0.25) is 0 Å². The van der Waals surface area contributed by atoms with E-state index < -0.39 is 5.97 Å². The fourth-order valence-electron chi connectivity index (χ4n) is 1.68. The minimum Gasteiger partial charge on any atom is -0.477 e. The van der Waals surface area contributed by atoms with E-state index in [0.717, 1.165) is 18.7 Å². The molecule has 104 valence electrons. The van der Waals surface area contributed by atoms with Crippen molar-refractivity contribution in [2.75, 3.05) is 6.54 Å². The van der Waals surface area contributed by atoms with Crippen LogP contribution in [0.4, 0.5) is 0 Å². The van der Waals surface area contributed by atoms with Crippen molar-refractivity contribution in [3.05, 3.63) is 47.8 Å². The van der Waals surface area contributed by atoms with Gasteiger partial charge < -0.3 is 15.4 Å². The average Bonchev–Trinajstić information content (AvgIpc) is 2.96. The first kappa shape index (κ1) is 13.7. The van der Waals surface area contributed by atoms with Gasteiger partial charge >= 0.3 is 5.97 Å². The Morgan fingerprint density at radius 1 is 1.30 bits per heavy atom. The van der Waals surface area contributed by atoms with Crippen molar-refractivity contribution < 1.29 is 14.7 Å². The molecule has 0 fully saturated rings. The second kappa shape index (κ2) is 6.46. The van der Waals surface area contributed by atoms with Crippen LogP contribution in [0, 0.1) is 0 Å². The van der Waals surface area contributed by atoms with E-state index in [1.165, 1.54) is 18.3 Å². The van der Waals surface area contributed by atoms with E-state index in [0.29, 0.717) is 6.54 Å². The highest BCUT2D eigenvalue weighted by Gasteiger charge is 2.10. The normalized spacial score (nSPS) is 10.2. The van der Waals surface area contributed by atoms with Crippen LogP contribution in [0.3, 0.4) is 0 Å². The summed E-state index contributed by atoms with van der Waals surface area (Å²) in [7, 11) is 0. The summed E-state index contributed by atoms with van der Waals surface area (Å²) in [4.78, 5) is 33.3. The zero-order valence-electron chi connectivity index (χ0n) is 10.7. The molecule has 20 heavy (non-hydrogen) atoms. The highest BCUT2D eigenvalue weighted by atomic mass is 16.4. The number of carbonyl (C=O) groups is 2. The van der Waals surface area contributed by atoms with E-state index in [-0.39, 0.29) is 17.2 Å². The summed E-state index contributed by atoms with van der Waals surface area (Å²) in [6.45, 7) is 0.490. The van der Waals surface area contributed by atoms with Gasteiger partial charge in [-0.05, 0) is 18.6 Å². The summed E-state index contributed by atoms with van der Waals surface area (Å²) >= 11 is 0. The maximum atomic E-state index is 11.8. The molecule has 0 radical (unpaired) electrons.